The summed E-state index contributed by atoms with van der Waals surface area (Å²) in [7, 11) is 0. The molecular formula is C14H20N2O5. The van der Waals surface area contributed by atoms with Gasteiger partial charge in [0.1, 0.15) is 5.76 Å². The molecule has 1 heterocycles. The largest absolute Gasteiger partial charge is 0.467 e. The van der Waals surface area contributed by atoms with E-state index in [9.17, 15) is 14.4 Å². The van der Waals surface area contributed by atoms with Crippen molar-refractivity contribution in [1.29, 1.82) is 0 Å². The van der Waals surface area contributed by atoms with E-state index in [1.165, 1.54) is 6.26 Å². The SMILES string of the molecule is CC(C)CCC(=O)OCC(=O)NC(=O)NCc1ccco1. The predicted octanol–water partition coefficient (Wildman–Crippen LogP) is 1.58. The second-order valence-corrected chi connectivity index (χ2v) is 4.90. The molecule has 1 aromatic heterocycles. The van der Waals surface area contributed by atoms with Gasteiger partial charge in [0.25, 0.3) is 5.91 Å². The van der Waals surface area contributed by atoms with Crippen LogP contribution < -0.4 is 10.6 Å². The van der Waals surface area contributed by atoms with E-state index < -0.39 is 24.5 Å². The Labute approximate surface area is 123 Å². The van der Waals surface area contributed by atoms with Gasteiger partial charge in [0.15, 0.2) is 6.61 Å². The molecule has 0 aromatic carbocycles. The summed E-state index contributed by atoms with van der Waals surface area (Å²) >= 11 is 0. The van der Waals surface area contributed by atoms with E-state index in [1.807, 2.05) is 13.8 Å². The Kier molecular flexibility index (Phi) is 7.00. The van der Waals surface area contributed by atoms with E-state index >= 15 is 0 Å². The van der Waals surface area contributed by atoms with E-state index in [0.29, 0.717) is 18.1 Å². The van der Waals surface area contributed by atoms with E-state index in [2.05, 4.69) is 10.6 Å². The molecule has 0 bridgehead atoms. The molecule has 2 N–H and O–H groups in total. The van der Waals surface area contributed by atoms with Crippen LogP contribution in [0.25, 0.3) is 0 Å². The zero-order valence-corrected chi connectivity index (χ0v) is 12.2. The second kappa shape index (κ2) is 8.78. The third-order valence-corrected chi connectivity index (χ3v) is 2.55. The zero-order valence-electron chi connectivity index (χ0n) is 12.2. The van der Waals surface area contributed by atoms with Crippen LogP contribution in [-0.4, -0.2) is 24.5 Å². The molecule has 0 aliphatic carbocycles. The number of ether oxygens (including phenoxy) is 1. The number of carbonyl (C=O) groups is 3. The lowest BCUT2D eigenvalue weighted by molar-refractivity contribution is -0.148. The van der Waals surface area contributed by atoms with E-state index in [0.717, 1.165) is 0 Å². The Hall–Kier alpha value is -2.31. The van der Waals surface area contributed by atoms with Gasteiger partial charge in [-0.25, -0.2) is 4.79 Å². The molecule has 21 heavy (non-hydrogen) atoms. The minimum atomic E-state index is -0.676. The Balaban J connectivity index is 2.14. The summed E-state index contributed by atoms with van der Waals surface area (Å²) in [6, 6.07) is 2.71. The van der Waals surface area contributed by atoms with Crippen LogP contribution in [0.5, 0.6) is 0 Å². The fraction of sp³-hybridized carbons (Fsp3) is 0.500. The number of nitrogens with one attached hydrogen (secondary N) is 2. The van der Waals surface area contributed by atoms with Crippen molar-refractivity contribution in [1.82, 2.24) is 10.6 Å². The Morgan fingerprint density at radius 2 is 2.10 bits per heavy atom. The van der Waals surface area contributed by atoms with Crippen LogP contribution in [0.2, 0.25) is 0 Å². The maximum atomic E-state index is 11.4. The lowest BCUT2D eigenvalue weighted by atomic mass is 10.1. The average Bonchev–Trinajstić information content (AvgIpc) is 2.94. The van der Waals surface area contributed by atoms with E-state index in [1.54, 1.807) is 12.1 Å². The third kappa shape index (κ3) is 7.76. The maximum absolute atomic E-state index is 11.4. The Morgan fingerprint density at radius 3 is 2.71 bits per heavy atom. The van der Waals surface area contributed by atoms with Crippen molar-refractivity contribution in [3.8, 4) is 0 Å². The van der Waals surface area contributed by atoms with E-state index in [-0.39, 0.29) is 13.0 Å². The standard InChI is InChI=1S/C14H20N2O5/c1-10(2)5-6-13(18)21-9-12(17)16-14(19)15-8-11-4-3-7-20-11/h3-4,7,10H,5-6,8-9H2,1-2H3,(H2,15,16,17,19). The van der Waals surface area contributed by atoms with Gasteiger partial charge in [-0.1, -0.05) is 13.8 Å². The summed E-state index contributed by atoms with van der Waals surface area (Å²) in [5.41, 5.74) is 0. The number of rotatable bonds is 7. The van der Waals surface area contributed by atoms with Crippen molar-refractivity contribution >= 4 is 17.9 Å². The molecule has 116 valence electrons. The number of amides is 3. The van der Waals surface area contributed by atoms with Gasteiger partial charge in [-0.15, -0.1) is 0 Å². The molecule has 0 aliphatic rings. The molecule has 0 atom stereocenters. The van der Waals surface area contributed by atoms with Gasteiger partial charge in [0.2, 0.25) is 0 Å². The monoisotopic (exact) mass is 296 g/mol. The second-order valence-electron chi connectivity index (χ2n) is 4.90. The van der Waals surface area contributed by atoms with Crippen LogP contribution in [0.15, 0.2) is 22.8 Å². The Bertz CT molecular complexity index is 468. The molecule has 7 heteroatoms. The molecule has 3 amide bonds. The zero-order chi connectivity index (χ0) is 15.7. The molecule has 0 fully saturated rings. The normalized spacial score (nSPS) is 10.2. The predicted molar refractivity (Wildman–Crippen MR) is 74.1 cm³/mol. The van der Waals surface area contributed by atoms with Gasteiger partial charge in [-0.05, 0) is 24.5 Å². The first-order chi connectivity index (χ1) is 9.97. The summed E-state index contributed by atoms with van der Waals surface area (Å²) in [6.07, 6.45) is 2.44. The molecule has 0 saturated heterocycles. The first kappa shape index (κ1) is 16.7. The number of hydrogen-bond donors (Lipinski definition) is 2. The van der Waals surface area contributed by atoms with Gasteiger partial charge < -0.3 is 14.5 Å². The fourth-order valence-electron chi connectivity index (χ4n) is 1.41. The number of furan rings is 1. The maximum Gasteiger partial charge on any atom is 0.321 e. The van der Waals surface area contributed by atoms with Gasteiger partial charge in [0.05, 0.1) is 12.8 Å². The number of carbonyl (C=O) groups excluding carboxylic acids is 3. The van der Waals surface area contributed by atoms with Crippen molar-refractivity contribution < 1.29 is 23.5 Å². The quantitative estimate of drug-likeness (QED) is 0.744. The van der Waals surface area contributed by atoms with Crippen LogP contribution in [0.4, 0.5) is 4.79 Å². The van der Waals surface area contributed by atoms with Crippen LogP contribution >= 0.6 is 0 Å². The number of urea groups is 1. The smallest absolute Gasteiger partial charge is 0.321 e. The summed E-state index contributed by atoms with van der Waals surface area (Å²) in [5, 5.41) is 4.49. The molecule has 1 aromatic rings. The highest BCUT2D eigenvalue weighted by atomic mass is 16.5. The lowest BCUT2D eigenvalue weighted by Crippen LogP contribution is -2.41. The van der Waals surface area contributed by atoms with Crippen molar-refractivity contribution in [3.05, 3.63) is 24.2 Å². The number of esters is 1. The number of imide groups is 1. The first-order valence-electron chi connectivity index (χ1n) is 6.73. The molecule has 7 nitrogen and oxygen atoms in total. The molecule has 0 saturated carbocycles. The third-order valence-electron chi connectivity index (χ3n) is 2.55. The summed E-state index contributed by atoms with van der Waals surface area (Å²) in [5.74, 6) is -0.170. The molecular weight excluding hydrogens is 276 g/mol. The molecule has 0 aliphatic heterocycles. The van der Waals surface area contributed by atoms with Crippen molar-refractivity contribution in [2.45, 2.75) is 33.2 Å². The average molecular weight is 296 g/mol. The summed E-state index contributed by atoms with van der Waals surface area (Å²) in [4.78, 5) is 34.1. The molecule has 1 rings (SSSR count). The molecule has 0 radical (unpaired) electrons. The van der Waals surface area contributed by atoms with Gasteiger partial charge >= 0.3 is 12.0 Å². The topological polar surface area (TPSA) is 97.6 Å². The Morgan fingerprint density at radius 1 is 1.33 bits per heavy atom. The van der Waals surface area contributed by atoms with Crippen LogP contribution in [0, 0.1) is 5.92 Å². The highest BCUT2D eigenvalue weighted by molar-refractivity contribution is 5.95. The van der Waals surface area contributed by atoms with Crippen molar-refractivity contribution in [2.75, 3.05) is 6.61 Å². The summed E-state index contributed by atoms with van der Waals surface area (Å²) in [6.45, 7) is 3.68. The minimum Gasteiger partial charge on any atom is -0.467 e. The van der Waals surface area contributed by atoms with Crippen LogP contribution in [0.3, 0.4) is 0 Å². The lowest BCUT2D eigenvalue weighted by Gasteiger charge is -2.07. The summed E-state index contributed by atoms with van der Waals surface area (Å²) < 4.78 is 9.77. The van der Waals surface area contributed by atoms with Gasteiger partial charge in [-0.2, -0.15) is 0 Å². The molecule has 0 unspecified atom stereocenters. The van der Waals surface area contributed by atoms with Crippen LogP contribution in [0.1, 0.15) is 32.4 Å². The fourth-order valence-corrected chi connectivity index (χ4v) is 1.41. The highest BCUT2D eigenvalue weighted by Gasteiger charge is 2.11. The van der Waals surface area contributed by atoms with Crippen molar-refractivity contribution in [3.63, 3.8) is 0 Å². The minimum absolute atomic E-state index is 0.167. The van der Waals surface area contributed by atoms with E-state index in [4.69, 9.17) is 9.15 Å². The van der Waals surface area contributed by atoms with Crippen molar-refractivity contribution in [2.24, 2.45) is 5.92 Å². The highest BCUT2D eigenvalue weighted by Crippen LogP contribution is 2.04. The molecule has 0 spiro atoms. The van der Waals surface area contributed by atoms with Gasteiger partial charge in [-0.3, -0.25) is 14.9 Å². The van der Waals surface area contributed by atoms with Crippen LogP contribution in [-0.2, 0) is 20.9 Å². The first-order valence-corrected chi connectivity index (χ1v) is 6.73. The number of hydrogen-bond acceptors (Lipinski definition) is 5. The van der Waals surface area contributed by atoms with Gasteiger partial charge in [0, 0.05) is 6.42 Å².